The lowest BCUT2D eigenvalue weighted by atomic mass is 10.0. The Kier molecular flexibility index (Phi) is 4.03. The van der Waals surface area contributed by atoms with Crippen LogP contribution in [0.5, 0.6) is 0 Å². The summed E-state index contributed by atoms with van der Waals surface area (Å²) in [5, 5.41) is 4.55. The maximum absolute atomic E-state index is 13.5. The molecule has 0 radical (unpaired) electrons. The summed E-state index contributed by atoms with van der Waals surface area (Å²) < 4.78 is 13.5. The summed E-state index contributed by atoms with van der Waals surface area (Å²) in [6.07, 6.45) is 1.99. The Balaban J connectivity index is 2.77. The van der Waals surface area contributed by atoms with E-state index < -0.39 is 0 Å². The fourth-order valence-electron chi connectivity index (χ4n) is 2.60. The molecule has 0 amide bonds. The SMILES string of the molecule is CCCNc1c(CC)c(C)nc2cc(F)cc(C)c12. The van der Waals surface area contributed by atoms with Gasteiger partial charge in [-0.25, -0.2) is 4.39 Å². The molecule has 2 aromatic rings. The first-order valence-electron chi connectivity index (χ1n) is 6.91. The van der Waals surface area contributed by atoms with Gasteiger partial charge in [0.25, 0.3) is 0 Å². The van der Waals surface area contributed by atoms with Crippen LogP contribution in [0, 0.1) is 19.7 Å². The monoisotopic (exact) mass is 260 g/mol. The summed E-state index contributed by atoms with van der Waals surface area (Å²) in [6, 6.07) is 3.10. The second-order valence-electron chi connectivity index (χ2n) is 4.95. The predicted molar refractivity (Wildman–Crippen MR) is 79.3 cm³/mol. The van der Waals surface area contributed by atoms with E-state index in [9.17, 15) is 4.39 Å². The highest BCUT2D eigenvalue weighted by Gasteiger charge is 2.13. The van der Waals surface area contributed by atoms with Gasteiger partial charge in [0, 0.05) is 29.4 Å². The van der Waals surface area contributed by atoms with E-state index in [1.807, 2.05) is 13.8 Å². The molecule has 0 spiro atoms. The number of aromatic nitrogens is 1. The molecule has 2 nitrogen and oxygen atoms in total. The molecule has 0 aliphatic carbocycles. The van der Waals surface area contributed by atoms with Crippen molar-refractivity contribution in [1.29, 1.82) is 0 Å². The van der Waals surface area contributed by atoms with E-state index in [-0.39, 0.29) is 5.82 Å². The van der Waals surface area contributed by atoms with Gasteiger partial charge in [-0.05, 0) is 43.9 Å². The van der Waals surface area contributed by atoms with Crippen molar-refractivity contribution in [3.05, 3.63) is 34.8 Å². The molecule has 0 fully saturated rings. The van der Waals surface area contributed by atoms with Gasteiger partial charge in [0.1, 0.15) is 5.82 Å². The Morgan fingerprint density at radius 2 is 1.95 bits per heavy atom. The smallest absolute Gasteiger partial charge is 0.125 e. The molecule has 1 aromatic carbocycles. The maximum atomic E-state index is 13.5. The fraction of sp³-hybridized carbons (Fsp3) is 0.438. The van der Waals surface area contributed by atoms with Crippen LogP contribution in [-0.2, 0) is 6.42 Å². The average Bonchev–Trinajstić information content (AvgIpc) is 2.34. The van der Waals surface area contributed by atoms with Crippen LogP contribution in [0.15, 0.2) is 12.1 Å². The van der Waals surface area contributed by atoms with Crippen molar-refractivity contribution in [2.45, 2.75) is 40.5 Å². The Bertz CT molecular complexity index is 605. The van der Waals surface area contributed by atoms with Crippen molar-refractivity contribution in [3.8, 4) is 0 Å². The summed E-state index contributed by atoms with van der Waals surface area (Å²) in [4.78, 5) is 4.56. The first kappa shape index (κ1) is 13.8. The first-order valence-corrected chi connectivity index (χ1v) is 6.91. The highest BCUT2D eigenvalue weighted by molar-refractivity contribution is 5.96. The van der Waals surface area contributed by atoms with E-state index in [1.165, 1.54) is 11.6 Å². The number of aryl methyl sites for hydroxylation is 2. The van der Waals surface area contributed by atoms with Crippen LogP contribution in [0.25, 0.3) is 10.9 Å². The maximum Gasteiger partial charge on any atom is 0.125 e. The number of rotatable bonds is 4. The van der Waals surface area contributed by atoms with Crippen molar-refractivity contribution in [1.82, 2.24) is 4.98 Å². The Morgan fingerprint density at radius 1 is 1.21 bits per heavy atom. The number of nitrogens with one attached hydrogen (secondary N) is 1. The number of nitrogens with zero attached hydrogens (tertiary/aromatic N) is 1. The molecule has 19 heavy (non-hydrogen) atoms. The van der Waals surface area contributed by atoms with E-state index in [2.05, 4.69) is 24.1 Å². The van der Waals surface area contributed by atoms with E-state index in [0.717, 1.165) is 47.2 Å². The van der Waals surface area contributed by atoms with Crippen LogP contribution < -0.4 is 5.32 Å². The minimum atomic E-state index is -0.220. The zero-order valence-corrected chi connectivity index (χ0v) is 12.1. The molecular weight excluding hydrogens is 239 g/mol. The summed E-state index contributed by atoms with van der Waals surface area (Å²) >= 11 is 0. The zero-order chi connectivity index (χ0) is 14.0. The van der Waals surface area contributed by atoms with Crippen molar-refractivity contribution in [2.75, 3.05) is 11.9 Å². The van der Waals surface area contributed by atoms with Crippen molar-refractivity contribution in [2.24, 2.45) is 0 Å². The van der Waals surface area contributed by atoms with Crippen LogP contribution in [0.1, 0.15) is 37.1 Å². The number of benzene rings is 1. The summed E-state index contributed by atoms with van der Waals surface area (Å²) in [7, 11) is 0. The standard InChI is InChI=1S/C16H21FN2/c1-5-7-18-16-13(6-2)11(4)19-14-9-12(17)8-10(3)15(14)16/h8-9H,5-7H2,1-4H3,(H,18,19). The van der Waals surface area contributed by atoms with Gasteiger partial charge < -0.3 is 5.32 Å². The molecule has 0 saturated heterocycles. The van der Waals surface area contributed by atoms with Gasteiger partial charge in [-0.2, -0.15) is 0 Å². The number of hydrogen-bond acceptors (Lipinski definition) is 2. The van der Waals surface area contributed by atoms with Gasteiger partial charge in [-0.1, -0.05) is 13.8 Å². The largest absolute Gasteiger partial charge is 0.384 e. The average molecular weight is 260 g/mol. The Labute approximate surface area is 114 Å². The second-order valence-corrected chi connectivity index (χ2v) is 4.95. The fourth-order valence-corrected chi connectivity index (χ4v) is 2.60. The third kappa shape index (κ3) is 2.55. The van der Waals surface area contributed by atoms with Crippen LogP contribution in [0.2, 0.25) is 0 Å². The van der Waals surface area contributed by atoms with Gasteiger partial charge in [-0.3, -0.25) is 4.98 Å². The van der Waals surface area contributed by atoms with Crippen molar-refractivity contribution < 1.29 is 4.39 Å². The molecule has 1 heterocycles. The molecule has 0 bridgehead atoms. The molecule has 1 N–H and O–H groups in total. The number of halogens is 1. The topological polar surface area (TPSA) is 24.9 Å². The van der Waals surface area contributed by atoms with Gasteiger partial charge >= 0.3 is 0 Å². The lowest BCUT2D eigenvalue weighted by Gasteiger charge is -2.17. The lowest BCUT2D eigenvalue weighted by Crippen LogP contribution is -2.07. The summed E-state index contributed by atoms with van der Waals surface area (Å²) in [5.74, 6) is -0.220. The van der Waals surface area contributed by atoms with Crippen LogP contribution in [0.4, 0.5) is 10.1 Å². The first-order chi connectivity index (χ1) is 9.08. The van der Waals surface area contributed by atoms with Gasteiger partial charge in [0.2, 0.25) is 0 Å². The quantitative estimate of drug-likeness (QED) is 0.882. The highest BCUT2D eigenvalue weighted by Crippen LogP contribution is 2.32. The second kappa shape index (κ2) is 5.55. The van der Waals surface area contributed by atoms with E-state index >= 15 is 0 Å². The van der Waals surface area contributed by atoms with E-state index in [1.54, 1.807) is 6.07 Å². The molecule has 2 rings (SSSR count). The van der Waals surface area contributed by atoms with E-state index in [0.29, 0.717) is 0 Å². The van der Waals surface area contributed by atoms with Gasteiger partial charge in [0.05, 0.1) is 5.52 Å². The van der Waals surface area contributed by atoms with Gasteiger partial charge in [0.15, 0.2) is 0 Å². The highest BCUT2D eigenvalue weighted by atomic mass is 19.1. The molecule has 0 saturated carbocycles. The third-order valence-corrected chi connectivity index (χ3v) is 3.46. The minimum absolute atomic E-state index is 0.220. The predicted octanol–water partition coefficient (Wildman–Crippen LogP) is 4.38. The molecular formula is C16H21FN2. The van der Waals surface area contributed by atoms with Crippen molar-refractivity contribution >= 4 is 16.6 Å². The minimum Gasteiger partial charge on any atom is -0.384 e. The molecule has 102 valence electrons. The number of anilines is 1. The van der Waals surface area contributed by atoms with Crippen LogP contribution >= 0.6 is 0 Å². The molecule has 3 heteroatoms. The van der Waals surface area contributed by atoms with Crippen LogP contribution in [-0.4, -0.2) is 11.5 Å². The lowest BCUT2D eigenvalue weighted by molar-refractivity contribution is 0.628. The van der Waals surface area contributed by atoms with Crippen LogP contribution in [0.3, 0.4) is 0 Å². The molecule has 0 unspecified atom stereocenters. The molecule has 1 aromatic heterocycles. The number of fused-ring (bicyclic) bond motifs is 1. The summed E-state index contributed by atoms with van der Waals surface area (Å²) in [5.41, 5.74) is 5.03. The third-order valence-electron chi connectivity index (χ3n) is 3.46. The van der Waals surface area contributed by atoms with E-state index in [4.69, 9.17) is 0 Å². The van der Waals surface area contributed by atoms with Gasteiger partial charge in [-0.15, -0.1) is 0 Å². The summed E-state index contributed by atoms with van der Waals surface area (Å²) in [6.45, 7) is 9.13. The molecule has 0 atom stereocenters. The number of hydrogen-bond donors (Lipinski definition) is 1. The molecule has 0 aliphatic rings. The zero-order valence-electron chi connectivity index (χ0n) is 12.1. The normalized spacial score (nSPS) is 11.0. The Morgan fingerprint density at radius 3 is 2.58 bits per heavy atom. The number of pyridine rings is 1. The molecule has 0 aliphatic heterocycles. The van der Waals surface area contributed by atoms with Crippen molar-refractivity contribution in [3.63, 3.8) is 0 Å². The Hall–Kier alpha value is -1.64.